The highest BCUT2D eigenvalue weighted by atomic mass is 16.5. The molecule has 0 radical (unpaired) electrons. The van der Waals surface area contributed by atoms with Gasteiger partial charge in [0, 0.05) is 37.9 Å². The molecule has 1 atom stereocenters. The first-order valence-corrected chi connectivity index (χ1v) is 20.2. The minimum absolute atomic E-state index is 0.0108. The number of carbonyl (C=O) groups is 6. The first kappa shape index (κ1) is 52.8. The molecule has 0 bridgehead atoms. The number of hydrogen-bond donors (Lipinski definition) is 5. The Morgan fingerprint density at radius 3 is 1.36 bits per heavy atom. The van der Waals surface area contributed by atoms with E-state index in [1.807, 2.05) is 20.8 Å². The quantitative estimate of drug-likeness (QED) is 0.0564. The second kappa shape index (κ2) is 36.1. The van der Waals surface area contributed by atoms with Crippen LogP contribution in [0.4, 0.5) is 0 Å². The molecule has 0 spiro atoms. The summed E-state index contributed by atoms with van der Waals surface area (Å²) in [5, 5.41) is 19.9. The van der Waals surface area contributed by atoms with Crippen LogP contribution in [0.1, 0.15) is 105 Å². The number of nitrogens with one attached hydrogen (secondary N) is 4. The minimum Gasteiger partial charge on any atom is -0.480 e. The van der Waals surface area contributed by atoms with Crippen molar-refractivity contribution in [3.8, 4) is 0 Å². The summed E-state index contributed by atoms with van der Waals surface area (Å²) in [6.45, 7) is 10.5. The van der Waals surface area contributed by atoms with Crippen molar-refractivity contribution >= 4 is 35.4 Å². The van der Waals surface area contributed by atoms with Gasteiger partial charge in [-0.15, -0.1) is 0 Å². The van der Waals surface area contributed by atoms with Crippen LogP contribution in [-0.4, -0.2) is 145 Å². The zero-order valence-electron chi connectivity index (χ0n) is 34.5. The van der Waals surface area contributed by atoms with Crippen molar-refractivity contribution in [2.24, 2.45) is 5.41 Å². The average Bonchev–Trinajstić information content (AvgIpc) is 3.15. The van der Waals surface area contributed by atoms with Crippen molar-refractivity contribution < 1.29 is 62.3 Å². The lowest BCUT2D eigenvalue weighted by Crippen LogP contribution is -2.41. The zero-order valence-corrected chi connectivity index (χ0v) is 34.5. The molecule has 0 unspecified atom stereocenters. The van der Waals surface area contributed by atoms with E-state index < -0.39 is 17.4 Å². The maximum atomic E-state index is 12.2. The van der Waals surface area contributed by atoms with E-state index >= 15 is 0 Å². The van der Waals surface area contributed by atoms with E-state index in [-0.39, 0.29) is 121 Å². The monoisotopic (exact) mass is 805 g/mol. The Morgan fingerprint density at radius 2 is 0.911 bits per heavy atom. The standard InChI is InChI=1S/C39H72N4O13/c1-5-6-7-8-9-10-11-12-13-14-35(46)43-32(38(49)50)15-16-34(45)40-17-20-51-24-27-55-30-37(48)42-19-22-53-25-28-56-31-36(47)41-18-21-52-23-26-54-29-33(44)39(2,3)4/h32H,5-31H2,1-4H3,(H,40,45)(H,41,47)(H,42,48)(H,43,46)(H,49,50)/t32-/m0/s1. The third-order valence-corrected chi connectivity index (χ3v) is 8.16. The van der Waals surface area contributed by atoms with E-state index in [4.69, 9.17) is 28.4 Å². The molecule has 17 heteroatoms. The highest BCUT2D eigenvalue weighted by Gasteiger charge is 2.21. The summed E-state index contributed by atoms with van der Waals surface area (Å²) < 4.78 is 31.9. The van der Waals surface area contributed by atoms with E-state index in [2.05, 4.69) is 28.2 Å². The van der Waals surface area contributed by atoms with Crippen LogP contribution in [0.3, 0.4) is 0 Å². The van der Waals surface area contributed by atoms with Crippen molar-refractivity contribution in [3.05, 3.63) is 0 Å². The Labute approximate surface area is 333 Å². The average molecular weight is 805 g/mol. The number of amides is 4. The first-order valence-electron chi connectivity index (χ1n) is 20.2. The summed E-state index contributed by atoms with van der Waals surface area (Å²) in [5.74, 6) is -2.41. The van der Waals surface area contributed by atoms with Gasteiger partial charge in [0.05, 0.1) is 59.5 Å². The van der Waals surface area contributed by atoms with Crippen molar-refractivity contribution in [2.75, 3.05) is 98.9 Å². The second-order valence-corrected chi connectivity index (χ2v) is 14.3. The Morgan fingerprint density at radius 1 is 0.500 bits per heavy atom. The molecule has 56 heavy (non-hydrogen) atoms. The number of ether oxygens (including phenoxy) is 6. The van der Waals surface area contributed by atoms with Crippen molar-refractivity contribution in [1.29, 1.82) is 0 Å². The van der Waals surface area contributed by atoms with Crippen LogP contribution in [0.5, 0.6) is 0 Å². The van der Waals surface area contributed by atoms with E-state index in [0.717, 1.165) is 19.3 Å². The number of carbonyl (C=O) groups excluding carboxylic acids is 5. The Bertz CT molecular complexity index is 1070. The van der Waals surface area contributed by atoms with Gasteiger partial charge in [-0.05, 0) is 12.8 Å². The normalized spacial score (nSPS) is 11.9. The zero-order chi connectivity index (χ0) is 41.7. The first-order chi connectivity index (χ1) is 26.9. The molecule has 5 N–H and O–H groups in total. The van der Waals surface area contributed by atoms with E-state index in [9.17, 15) is 33.9 Å². The Hall–Kier alpha value is -3.22. The predicted molar refractivity (Wildman–Crippen MR) is 209 cm³/mol. The number of unbranched alkanes of at least 4 members (excludes halogenated alkanes) is 8. The van der Waals surface area contributed by atoms with Crippen LogP contribution >= 0.6 is 0 Å². The summed E-state index contributed by atoms with van der Waals surface area (Å²) in [6.07, 6.45) is 10.3. The molecule has 0 heterocycles. The van der Waals surface area contributed by atoms with Gasteiger partial charge in [0.1, 0.15) is 25.9 Å². The summed E-state index contributed by atoms with van der Waals surface area (Å²) >= 11 is 0. The van der Waals surface area contributed by atoms with E-state index in [1.165, 1.54) is 32.1 Å². The summed E-state index contributed by atoms with van der Waals surface area (Å²) in [7, 11) is 0. The van der Waals surface area contributed by atoms with Crippen LogP contribution < -0.4 is 21.3 Å². The van der Waals surface area contributed by atoms with Gasteiger partial charge >= 0.3 is 5.97 Å². The van der Waals surface area contributed by atoms with Crippen LogP contribution in [0.25, 0.3) is 0 Å². The van der Waals surface area contributed by atoms with Gasteiger partial charge < -0.3 is 54.8 Å². The smallest absolute Gasteiger partial charge is 0.326 e. The predicted octanol–water partition coefficient (Wildman–Crippen LogP) is 2.32. The number of ketones is 1. The third kappa shape index (κ3) is 35.2. The Balaban J connectivity index is 3.62. The molecule has 0 fully saturated rings. The Kier molecular flexibility index (Phi) is 34.1. The molecular weight excluding hydrogens is 732 g/mol. The van der Waals surface area contributed by atoms with Crippen molar-refractivity contribution in [3.63, 3.8) is 0 Å². The van der Waals surface area contributed by atoms with Gasteiger partial charge in [0.2, 0.25) is 23.6 Å². The topological polar surface area (TPSA) is 226 Å². The largest absolute Gasteiger partial charge is 0.480 e. The molecule has 0 aliphatic heterocycles. The van der Waals surface area contributed by atoms with Crippen molar-refractivity contribution in [2.45, 2.75) is 111 Å². The number of carboxylic acid groups (broad SMARTS) is 1. The molecule has 0 rings (SSSR count). The van der Waals surface area contributed by atoms with Crippen LogP contribution in [0, 0.1) is 5.41 Å². The lowest BCUT2D eigenvalue weighted by atomic mass is 9.91. The fraction of sp³-hybridized carbons (Fsp3) is 0.846. The van der Waals surface area contributed by atoms with E-state index in [0.29, 0.717) is 32.8 Å². The number of hydrogen-bond acceptors (Lipinski definition) is 12. The molecule has 0 aromatic rings. The molecule has 0 aliphatic carbocycles. The lowest BCUT2D eigenvalue weighted by molar-refractivity contribution is -0.142. The molecule has 4 amide bonds. The van der Waals surface area contributed by atoms with Gasteiger partial charge in [0.15, 0.2) is 5.78 Å². The lowest BCUT2D eigenvalue weighted by Gasteiger charge is -2.16. The fourth-order valence-electron chi connectivity index (χ4n) is 4.74. The van der Waals surface area contributed by atoms with Crippen LogP contribution in [-0.2, 0) is 57.2 Å². The summed E-state index contributed by atoms with van der Waals surface area (Å²) in [6, 6.07) is -1.12. The molecule has 326 valence electrons. The number of Topliss-reactive ketones (excluding diaryl/α,β-unsaturated/α-hetero) is 1. The molecule has 0 saturated heterocycles. The minimum atomic E-state index is -1.17. The van der Waals surface area contributed by atoms with Gasteiger partial charge in [-0.3, -0.25) is 24.0 Å². The summed E-state index contributed by atoms with van der Waals surface area (Å²) in [4.78, 5) is 71.3. The second-order valence-electron chi connectivity index (χ2n) is 14.3. The maximum Gasteiger partial charge on any atom is 0.326 e. The van der Waals surface area contributed by atoms with Gasteiger partial charge in [-0.25, -0.2) is 4.79 Å². The van der Waals surface area contributed by atoms with E-state index in [1.54, 1.807) is 0 Å². The fourth-order valence-corrected chi connectivity index (χ4v) is 4.74. The molecule has 0 aliphatic rings. The van der Waals surface area contributed by atoms with Crippen molar-refractivity contribution in [1.82, 2.24) is 21.3 Å². The van der Waals surface area contributed by atoms with Gasteiger partial charge in [-0.2, -0.15) is 0 Å². The molecule has 0 aromatic carbocycles. The molecule has 0 saturated carbocycles. The highest BCUT2D eigenvalue weighted by molar-refractivity contribution is 5.85. The van der Waals surface area contributed by atoms with Crippen LogP contribution in [0.2, 0.25) is 0 Å². The molecule has 17 nitrogen and oxygen atoms in total. The number of aliphatic carboxylic acids is 1. The van der Waals surface area contributed by atoms with Gasteiger partial charge in [0.25, 0.3) is 0 Å². The highest BCUT2D eigenvalue weighted by Crippen LogP contribution is 2.14. The number of carboxylic acids is 1. The maximum absolute atomic E-state index is 12.2. The SMILES string of the molecule is CCCCCCCCCCCC(=O)N[C@@H](CCC(=O)NCCOCCOCC(=O)NCCOCCOCC(=O)NCCOCCOCC(=O)C(C)(C)C)C(=O)O. The molecule has 0 aromatic heterocycles. The third-order valence-electron chi connectivity index (χ3n) is 8.16. The molecular formula is C39H72N4O13. The number of rotatable bonds is 39. The summed E-state index contributed by atoms with van der Waals surface area (Å²) in [5.41, 5.74) is -0.432. The van der Waals surface area contributed by atoms with Crippen LogP contribution in [0.15, 0.2) is 0 Å². The van der Waals surface area contributed by atoms with Gasteiger partial charge in [-0.1, -0.05) is 79.1 Å².